The molecule has 0 aliphatic carbocycles. The van der Waals surface area contributed by atoms with E-state index in [2.05, 4.69) is 9.46 Å². The van der Waals surface area contributed by atoms with Crippen LogP contribution in [0.3, 0.4) is 0 Å². The van der Waals surface area contributed by atoms with Crippen LogP contribution in [0.25, 0.3) is 0 Å². The molecule has 0 bridgehead atoms. The van der Waals surface area contributed by atoms with E-state index in [0.29, 0.717) is 23.5 Å². The van der Waals surface area contributed by atoms with Gasteiger partial charge in [0.05, 0.1) is 41.5 Å². The second kappa shape index (κ2) is 10.9. The van der Waals surface area contributed by atoms with Gasteiger partial charge in [0.15, 0.2) is 0 Å². The first kappa shape index (κ1) is 25.6. The van der Waals surface area contributed by atoms with Crippen LogP contribution in [0.5, 0.6) is 0 Å². The van der Waals surface area contributed by atoms with Crippen molar-refractivity contribution in [3.8, 4) is 0 Å². The fourth-order valence-electron chi connectivity index (χ4n) is 3.65. The maximum Gasteiger partial charge on any atom is 0.339 e. The van der Waals surface area contributed by atoms with Crippen LogP contribution in [0.15, 0.2) is 46.2 Å². The molecule has 2 aromatic carbocycles. The molecule has 0 radical (unpaired) electrons. The number of likely N-dealkylation sites (tertiary alicyclic amines) is 1. The van der Waals surface area contributed by atoms with Crippen LogP contribution in [0.4, 0.5) is 5.69 Å². The number of hydrogen-bond acceptors (Lipinski definition) is 8. The number of amides is 1. The fraction of sp³-hybridized carbons (Fsp3) is 0.348. The molecule has 2 aromatic rings. The first-order valence-electron chi connectivity index (χ1n) is 10.5. The Morgan fingerprint density at radius 2 is 1.59 bits per heavy atom. The molecule has 1 saturated heterocycles. The third kappa shape index (κ3) is 5.53. The SMILES string of the molecule is COC(=O)c1ccc(C(=O)OC)c(NS(=O)(=O)c2ccc(SC)c(C(=O)N3CCCCC3)c2)c1. The summed E-state index contributed by atoms with van der Waals surface area (Å²) in [6.07, 6.45) is 4.69. The molecule has 0 unspecified atom stereocenters. The number of benzene rings is 2. The summed E-state index contributed by atoms with van der Waals surface area (Å²) < 4.78 is 38.3. The van der Waals surface area contributed by atoms with Gasteiger partial charge in [0.25, 0.3) is 15.9 Å². The lowest BCUT2D eigenvalue weighted by Crippen LogP contribution is -2.36. The van der Waals surface area contributed by atoms with Crippen molar-refractivity contribution in [2.75, 3.05) is 38.3 Å². The smallest absolute Gasteiger partial charge is 0.339 e. The molecule has 0 spiro atoms. The number of sulfonamides is 1. The molecule has 1 N–H and O–H groups in total. The third-order valence-corrected chi connectivity index (χ3v) is 7.60. The highest BCUT2D eigenvalue weighted by atomic mass is 32.2. The number of nitrogens with zero attached hydrogens (tertiary/aromatic N) is 1. The Kier molecular flexibility index (Phi) is 8.21. The Morgan fingerprint density at radius 3 is 2.21 bits per heavy atom. The number of methoxy groups -OCH3 is 2. The number of rotatable bonds is 7. The van der Waals surface area contributed by atoms with E-state index in [4.69, 9.17) is 4.74 Å². The molecule has 1 amide bonds. The van der Waals surface area contributed by atoms with Crippen molar-refractivity contribution in [2.45, 2.75) is 29.1 Å². The van der Waals surface area contributed by atoms with Gasteiger partial charge in [-0.15, -0.1) is 11.8 Å². The third-order valence-electron chi connectivity index (χ3n) is 5.45. The first-order chi connectivity index (χ1) is 16.2. The van der Waals surface area contributed by atoms with Crippen LogP contribution in [0.1, 0.15) is 50.3 Å². The van der Waals surface area contributed by atoms with Crippen LogP contribution in [-0.2, 0) is 19.5 Å². The van der Waals surface area contributed by atoms with E-state index in [1.54, 1.807) is 11.0 Å². The standard InChI is InChI=1S/C23H26N2O7S2/c1-31-22(27)15-7-9-17(23(28)32-2)19(13-15)24-34(29,30)16-8-10-20(33-3)18(14-16)21(26)25-11-5-4-6-12-25/h7-10,13-14,24H,4-6,11-12H2,1-3H3. The second-order valence-corrected chi connectivity index (χ2v) is 10.1. The summed E-state index contributed by atoms with van der Waals surface area (Å²) >= 11 is 1.35. The van der Waals surface area contributed by atoms with Crippen LogP contribution in [0.2, 0.25) is 0 Å². The summed E-state index contributed by atoms with van der Waals surface area (Å²) in [6.45, 7) is 1.26. The highest BCUT2D eigenvalue weighted by Gasteiger charge is 2.25. The van der Waals surface area contributed by atoms with E-state index in [9.17, 15) is 22.8 Å². The van der Waals surface area contributed by atoms with Crippen molar-refractivity contribution in [1.82, 2.24) is 4.90 Å². The highest BCUT2D eigenvalue weighted by molar-refractivity contribution is 7.98. The number of anilines is 1. The molecule has 0 aromatic heterocycles. The number of ether oxygens (including phenoxy) is 2. The molecule has 1 aliphatic heterocycles. The number of esters is 2. The summed E-state index contributed by atoms with van der Waals surface area (Å²) in [7, 11) is -1.88. The van der Waals surface area contributed by atoms with E-state index in [-0.39, 0.29) is 27.6 Å². The zero-order valence-electron chi connectivity index (χ0n) is 19.1. The van der Waals surface area contributed by atoms with E-state index >= 15 is 0 Å². The molecule has 1 heterocycles. The van der Waals surface area contributed by atoms with Crippen LogP contribution in [0, 0.1) is 0 Å². The zero-order valence-corrected chi connectivity index (χ0v) is 20.8. The second-order valence-electron chi connectivity index (χ2n) is 7.56. The van der Waals surface area contributed by atoms with E-state index in [1.807, 2.05) is 6.26 Å². The van der Waals surface area contributed by atoms with Crippen LogP contribution >= 0.6 is 11.8 Å². The van der Waals surface area contributed by atoms with Crippen molar-refractivity contribution >= 4 is 45.3 Å². The Labute approximate surface area is 202 Å². The molecule has 34 heavy (non-hydrogen) atoms. The summed E-state index contributed by atoms with van der Waals surface area (Å²) in [4.78, 5) is 39.5. The summed E-state index contributed by atoms with van der Waals surface area (Å²) in [5.74, 6) is -1.70. The molecular formula is C23H26N2O7S2. The minimum absolute atomic E-state index is 0.0477. The lowest BCUT2D eigenvalue weighted by atomic mass is 10.1. The van der Waals surface area contributed by atoms with Crippen molar-refractivity contribution in [3.63, 3.8) is 0 Å². The minimum atomic E-state index is -4.23. The van der Waals surface area contributed by atoms with Gasteiger partial charge in [0, 0.05) is 18.0 Å². The zero-order chi connectivity index (χ0) is 24.9. The van der Waals surface area contributed by atoms with Gasteiger partial charge in [0.2, 0.25) is 0 Å². The van der Waals surface area contributed by atoms with Gasteiger partial charge in [-0.05, 0) is 61.9 Å². The molecule has 182 valence electrons. The predicted molar refractivity (Wildman–Crippen MR) is 128 cm³/mol. The lowest BCUT2D eigenvalue weighted by Gasteiger charge is -2.27. The Morgan fingerprint density at radius 1 is 0.912 bits per heavy atom. The largest absolute Gasteiger partial charge is 0.465 e. The van der Waals surface area contributed by atoms with Gasteiger partial charge >= 0.3 is 11.9 Å². The lowest BCUT2D eigenvalue weighted by molar-refractivity contribution is 0.0587. The van der Waals surface area contributed by atoms with Gasteiger partial charge in [-0.3, -0.25) is 9.52 Å². The first-order valence-corrected chi connectivity index (χ1v) is 13.2. The van der Waals surface area contributed by atoms with Crippen molar-refractivity contribution in [3.05, 3.63) is 53.1 Å². The van der Waals surface area contributed by atoms with Crippen LogP contribution < -0.4 is 4.72 Å². The maximum atomic E-state index is 13.3. The number of carbonyl (C=O) groups is 3. The normalized spacial score (nSPS) is 13.8. The average molecular weight is 507 g/mol. The number of hydrogen-bond donors (Lipinski definition) is 1. The van der Waals surface area contributed by atoms with Gasteiger partial charge in [-0.25, -0.2) is 18.0 Å². The number of carbonyl (C=O) groups excluding carboxylic acids is 3. The van der Waals surface area contributed by atoms with Gasteiger partial charge < -0.3 is 14.4 Å². The fourth-order valence-corrected chi connectivity index (χ4v) is 5.32. The molecule has 3 rings (SSSR count). The van der Waals surface area contributed by atoms with Crippen molar-refractivity contribution < 1.29 is 32.3 Å². The maximum absolute atomic E-state index is 13.3. The summed E-state index contributed by atoms with van der Waals surface area (Å²) in [6, 6.07) is 8.13. The highest BCUT2D eigenvalue weighted by Crippen LogP contribution is 2.28. The molecule has 1 fully saturated rings. The molecule has 11 heteroatoms. The predicted octanol–water partition coefficient (Wildman–Crippen LogP) is 3.41. The average Bonchev–Trinajstić information content (AvgIpc) is 2.87. The topological polar surface area (TPSA) is 119 Å². The van der Waals surface area contributed by atoms with Gasteiger partial charge in [-0.1, -0.05) is 0 Å². The van der Waals surface area contributed by atoms with Crippen molar-refractivity contribution in [1.29, 1.82) is 0 Å². The molecule has 0 atom stereocenters. The van der Waals surface area contributed by atoms with Gasteiger partial charge in [-0.2, -0.15) is 0 Å². The quantitative estimate of drug-likeness (QED) is 0.448. The van der Waals surface area contributed by atoms with Crippen molar-refractivity contribution in [2.24, 2.45) is 0 Å². The van der Waals surface area contributed by atoms with E-state index in [0.717, 1.165) is 26.4 Å². The monoisotopic (exact) mass is 506 g/mol. The number of nitrogens with one attached hydrogen (secondary N) is 1. The number of piperidine rings is 1. The van der Waals surface area contributed by atoms with Crippen LogP contribution in [-0.4, -0.2) is 64.7 Å². The molecule has 1 aliphatic rings. The number of thioether (sulfide) groups is 1. The Bertz CT molecular complexity index is 1210. The summed E-state index contributed by atoms with van der Waals surface area (Å²) in [5.41, 5.74) is 0.122. The van der Waals surface area contributed by atoms with Gasteiger partial charge in [0.1, 0.15) is 0 Å². The molecular weight excluding hydrogens is 480 g/mol. The minimum Gasteiger partial charge on any atom is -0.465 e. The molecule has 9 nitrogen and oxygen atoms in total. The summed E-state index contributed by atoms with van der Waals surface area (Å²) in [5, 5.41) is 0. The Balaban J connectivity index is 2.01. The van der Waals surface area contributed by atoms with E-state index < -0.39 is 22.0 Å². The molecule has 0 saturated carbocycles. The van der Waals surface area contributed by atoms with E-state index in [1.165, 1.54) is 49.2 Å². The Hall–Kier alpha value is -3.05.